The summed E-state index contributed by atoms with van der Waals surface area (Å²) >= 11 is 6.13. The number of aliphatic hydroxyl groups excluding tert-OH is 1. The number of hydrogen-bond donors (Lipinski definition) is 2. The summed E-state index contributed by atoms with van der Waals surface area (Å²) in [5.41, 5.74) is 1.87. The van der Waals surface area contributed by atoms with E-state index in [0.717, 1.165) is 19.3 Å². The number of methoxy groups -OCH3 is 2. The number of unbranched alkanes of at least 4 members (excludes halogenated alkanes) is 1. The minimum atomic E-state index is -0.655. The number of carbonyl (C=O) groups excluding carboxylic acids is 1. The largest absolute Gasteiger partial charge is 0.510 e. The number of hydrogen-bond acceptors (Lipinski definition) is 6. The Labute approximate surface area is 181 Å². The summed E-state index contributed by atoms with van der Waals surface area (Å²) in [6.45, 7) is 3.51. The van der Waals surface area contributed by atoms with Crippen LogP contribution in [0.2, 0.25) is 5.02 Å². The monoisotopic (exact) mass is 431 g/mol. The number of anilines is 1. The molecule has 2 aromatic carbocycles. The SMILES string of the molecule is CCCCc1ccc(N=N/C(C(=O)Nc2cc(Cl)c(OC)cc2OC)=C(/C)O)cc1. The summed E-state index contributed by atoms with van der Waals surface area (Å²) in [7, 11) is 2.93. The van der Waals surface area contributed by atoms with Gasteiger partial charge in [0.25, 0.3) is 5.91 Å². The number of nitrogens with zero attached hydrogens (tertiary/aromatic N) is 2. The molecule has 2 N–H and O–H groups in total. The number of carbonyl (C=O) groups is 1. The van der Waals surface area contributed by atoms with Crippen molar-refractivity contribution in [3.8, 4) is 11.5 Å². The highest BCUT2D eigenvalue weighted by Crippen LogP contribution is 2.36. The average Bonchev–Trinajstić information content (AvgIpc) is 2.73. The molecule has 0 aliphatic rings. The van der Waals surface area contributed by atoms with Gasteiger partial charge in [0.2, 0.25) is 0 Å². The van der Waals surface area contributed by atoms with E-state index in [1.807, 2.05) is 24.3 Å². The fourth-order valence-corrected chi connectivity index (χ4v) is 2.88. The number of ether oxygens (including phenoxy) is 2. The number of amides is 1. The molecule has 0 saturated carbocycles. The van der Waals surface area contributed by atoms with Crippen LogP contribution in [0.15, 0.2) is 58.1 Å². The van der Waals surface area contributed by atoms with Gasteiger partial charge in [-0.15, -0.1) is 5.11 Å². The van der Waals surface area contributed by atoms with Gasteiger partial charge in [-0.05, 0) is 43.5 Å². The summed E-state index contributed by atoms with van der Waals surface area (Å²) in [5, 5.41) is 20.9. The lowest BCUT2D eigenvalue weighted by molar-refractivity contribution is -0.113. The standard InChI is InChI=1S/C22H26ClN3O4/c1-5-6-7-15-8-10-16(11-9-15)25-26-21(14(2)27)22(28)24-18-12-17(23)19(29-3)13-20(18)30-4/h8-13,27H,5-7H2,1-4H3,(H,24,28)/b21-14-,26-25?. The number of aryl methyl sites for hydroxylation is 1. The Morgan fingerprint density at radius 3 is 2.37 bits per heavy atom. The molecular formula is C22H26ClN3O4. The van der Waals surface area contributed by atoms with E-state index in [1.165, 1.54) is 32.8 Å². The number of nitrogens with one attached hydrogen (secondary N) is 1. The van der Waals surface area contributed by atoms with Crippen molar-refractivity contribution < 1.29 is 19.4 Å². The first kappa shape index (κ1) is 23.2. The van der Waals surface area contributed by atoms with Gasteiger partial charge in [0.15, 0.2) is 5.70 Å². The number of azo groups is 1. The van der Waals surface area contributed by atoms with E-state index in [4.69, 9.17) is 21.1 Å². The first-order valence-electron chi connectivity index (χ1n) is 9.53. The normalized spacial score (nSPS) is 11.9. The van der Waals surface area contributed by atoms with Gasteiger partial charge in [-0.25, -0.2) is 0 Å². The number of allylic oxidation sites excluding steroid dienone is 1. The Morgan fingerprint density at radius 2 is 1.80 bits per heavy atom. The minimum Gasteiger partial charge on any atom is -0.510 e. The summed E-state index contributed by atoms with van der Waals surface area (Å²) in [5.74, 6) is -0.172. The molecule has 0 unspecified atom stereocenters. The third-order valence-corrected chi connectivity index (χ3v) is 4.60. The van der Waals surface area contributed by atoms with E-state index >= 15 is 0 Å². The van der Waals surface area contributed by atoms with E-state index in [-0.39, 0.29) is 11.5 Å². The van der Waals surface area contributed by atoms with Crippen molar-refractivity contribution in [3.05, 3.63) is 58.4 Å². The predicted octanol–water partition coefficient (Wildman–Crippen LogP) is 6.21. The number of rotatable bonds is 9. The highest BCUT2D eigenvalue weighted by atomic mass is 35.5. The summed E-state index contributed by atoms with van der Waals surface area (Å²) in [6, 6.07) is 10.6. The van der Waals surface area contributed by atoms with E-state index < -0.39 is 5.91 Å². The third kappa shape index (κ3) is 6.22. The Hall–Kier alpha value is -3.06. The molecule has 0 fully saturated rings. The van der Waals surface area contributed by atoms with Crippen LogP contribution < -0.4 is 14.8 Å². The van der Waals surface area contributed by atoms with Crippen molar-refractivity contribution in [2.24, 2.45) is 10.2 Å². The Morgan fingerprint density at radius 1 is 1.13 bits per heavy atom. The second-order valence-electron chi connectivity index (χ2n) is 6.55. The van der Waals surface area contributed by atoms with E-state index in [9.17, 15) is 9.90 Å². The lowest BCUT2D eigenvalue weighted by Crippen LogP contribution is -2.15. The molecule has 0 bridgehead atoms. The maximum absolute atomic E-state index is 12.7. The van der Waals surface area contributed by atoms with Crippen molar-refractivity contribution in [3.63, 3.8) is 0 Å². The second kappa shape index (κ2) is 11.2. The topological polar surface area (TPSA) is 92.5 Å². The minimum absolute atomic E-state index is 0.223. The molecular weight excluding hydrogens is 406 g/mol. The Kier molecular flexibility index (Phi) is 8.68. The van der Waals surface area contributed by atoms with E-state index in [1.54, 1.807) is 6.07 Å². The molecule has 0 aromatic heterocycles. The molecule has 160 valence electrons. The van der Waals surface area contributed by atoms with Crippen LogP contribution in [0.3, 0.4) is 0 Å². The lowest BCUT2D eigenvalue weighted by atomic mass is 10.1. The first-order valence-corrected chi connectivity index (χ1v) is 9.90. The van der Waals surface area contributed by atoms with Crippen LogP contribution in [0, 0.1) is 0 Å². The number of halogens is 1. The van der Waals surface area contributed by atoms with Gasteiger partial charge in [-0.3, -0.25) is 4.79 Å². The maximum atomic E-state index is 12.7. The van der Waals surface area contributed by atoms with Gasteiger partial charge in [0, 0.05) is 6.07 Å². The van der Waals surface area contributed by atoms with Crippen molar-refractivity contribution in [1.82, 2.24) is 0 Å². The molecule has 0 atom stereocenters. The Balaban J connectivity index is 2.19. The van der Waals surface area contributed by atoms with Crippen LogP contribution in [0.4, 0.5) is 11.4 Å². The molecule has 1 amide bonds. The average molecular weight is 432 g/mol. The van der Waals surface area contributed by atoms with E-state index in [0.29, 0.717) is 27.9 Å². The van der Waals surface area contributed by atoms with Crippen LogP contribution in [0.25, 0.3) is 0 Å². The smallest absolute Gasteiger partial charge is 0.279 e. The van der Waals surface area contributed by atoms with Gasteiger partial charge in [0.05, 0.1) is 30.6 Å². The quantitative estimate of drug-likeness (QED) is 0.280. The second-order valence-corrected chi connectivity index (χ2v) is 6.95. The zero-order valence-corrected chi connectivity index (χ0v) is 18.3. The lowest BCUT2D eigenvalue weighted by Gasteiger charge is -2.13. The van der Waals surface area contributed by atoms with Crippen LogP contribution >= 0.6 is 11.6 Å². The maximum Gasteiger partial charge on any atom is 0.279 e. The predicted molar refractivity (Wildman–Crippen MR) is 118 cm³/mol. The fraction of sp³-hybridized carbons (Fsp3) is 0.318. The molecule has 0 radical (unpaired) electrons. The highest BCUT2D eigenvalue weighted by molar-refractivity contribution is 6.32. The molecule has 0 aliphatic carbocycles. The molecule has 8 heteroatoms. The van der Waals surface area contributed by atoms with Crippen LogP contribution in [-0.2, 0) is 11.2 Å². The van der Waals surface area contributed by atoms with Crippen LogP contribution in [0.5, 0.6) is 11.5 Å². The van der Waals surface area contributed by atoms with Crippen molar-refractivity contribution in [2.45, 2.75) is 33.1 Å². The van der Waals surface area contributed by atoms with Gasteiger partial charge < -0.3 is 19.9 Å². The molecule has 0 saturated heterocycles. The van der Waals surface area contributed by atoms with Gasteiger partial charge in [-0.1, -0.05) is 37.1 Å². The van der Waals surface area contributed by atoms with Gasteiger partial charge in [-0.2, -0.15) is 5.11 Å². The fourth-order valence-electron chi connectivity index (χ4n) is 2.64. The zero-order chi connectivity index (χ0) is 22.1. The summed E-state index contributed by atoms with van der Waals surface area (Å²) in [6.07, 6.45) is 3.25. The molecule has 2 aromatic rings. The first-order chi connectivity index (χ1) is 14.4. The molecule has 0 aliphatic heterocycles. The molecule has 30 heavy (non-hydrogen) atoms. The third-order valence-electron chi connectivity index (χ3n) is 4.30. The van der Waals surface area contributed by atoms with E-state index in [2.05, 4.69) is 22.5 Å². The van der Waals surface area contributed by atoms with Crippen LogP contribution in [0.1, 0.15) is 32.3 Å². The molecule has 7 nitrogen and oxygen atoms in total. The highest BCUT2D eigenvalue weighted by Gasteiger charge is 2.17. The van der Waals surface area contributed by atoms with Gasteiger partial charge in [0.1, 0.15) is 17.3 Å². The molecule has 0 heterocycles. The Bertz CT molecular complexity index is 936. The molecule has 0 spiro atoms. The molecule has 2 rings (SSSR count). The van der Waals surface area contributed by atoms with Crippen molar-refractivity contribution in [2.75, 3.05) is 19.5 Å². The summed E-state index contributed by atoms with van der Waals surface area (Å²) < 4.78 is 10.4. The van der Waals surface area contributed by atoms with Gasteiger partial charge >= 0.3 is 0 Å². The van der Waals surface area contributed by atoms with Crippen molar-refractivity contribution in [1.29, 1.82) is 0 Å². The van der Waals surface area contributed by atoms with Crippen LogP contribution in [-0.4, -0.2) is 25.2 Å². The number of benzene rings is 2. The van der Waals surface area contributed by atoms with Crippen molar-refractivity contribution >= 4 is 28.9 Å². The zero-order valence-electron chi connectivity index (χ0n) is 17.5. The number of aliphatic hydroxyl groups is 1. The summed E-state index contributed by atoms with van der Waals surface area (Å²) in [4.78, 5) is 12.7.